The van der Waals surface area contributed by atoms with E-state index in [0.29, 0.717) is 0 Å². The van der Waals surface area contributed by atoms with Gasteiger partial charge in [-0.25, -0.2) is 0 Å². The molecule has 0 aromatic rings. The van der Waals surface area contributed by atoms with Crippen LogP contribution < -0.4 is 17.0 Å². The Kier molecular flexibility index (Phi) is 27.7. The van der Waals surface area contributed by atoms with Crippen molar-refractivity contribution < 1.29 is 17.0 Å². The van der Waals surface area contributed by atoms with Gasteiger partial charge >= 0.3 is 23.1 Å². The first kappa shape index (κ1) is 19.4. The molecule has 0 radical (unpaired) electrons. The third-order valence-electron chi connectivity index (χ3n) is 1.73. The molecule has 0 aromatic heterocycles. The molecule has 0 aromatic carbocycles. The van der Waals surface area contributed by atoms with Gasteiger partial charge in [0.25, 0.3) is 0 Å². The van der Waals surface area contributed by atoms with Crippen LogP contribution >= 0.6 is 0 Å². The topological polar surface area (TPSA) is 0 Å². The quantitative estimate of drug-likeness (QED) is 0.275. The summed E-state index contributed by atoms with van der Waals surface area (Å²) in [7, 11) is 0. The van der Waals surface area contributed by atoms with E-state index in [-0.39, 0.29) is 40.0 Å². The smallest absolute Gasteiger partial charge is 1.00 e. The van der Waals surface area contributed by atoms with Crippen LogP contribution in [0.4, 0.5) is 0 Å². The first-order valence-electron chi connectivity index (χ1n) is 4.60. The van der Waals surface area contributed by atoms with Gasteiger partial charge in [0.1, 0.15) is 0 Å². The summed E-state index contributed by atoms with van der Waals surface area (Å²) in [5.41, 5.74) is 0. The zero-order valence-corrected chi connectivity index (χ0v) is 11.7. The maximum absolute atomic E-state index is 3.81. The predicted octanol–water partition coefficient (Wildman–Crippen LogP) is 0.198. The zero-order chi connectivity index (χ0) is 8.36. The molecule has 0 aliphatic carbocycles. The Morgan fingerprint density at radius 2 is 1.54 bits per heavy atom. The van der Waals surface area contributed by atoms with E-state index in [1.807, 2.05) is 6.92 Å². The van der Waals surface area contributed by atoms with Crippen LogP contribution in [0.2, 0.25) is 0 Å². The van der Waals surface area contributed by atoms with Crippen LogP contribution in [-0.4, -0.2) is 23.1 Å². The van der Waals surface area contributed by atoms with Gasteiger partial charge in [-0.15, -0.1) is 11.8 Å². The van der Waals surface area contributed by atoms with Crippen LogP contribution in [-0.2, 0) is 0 Å². The average molecular weight is 255 g/mol. The van der Waals surface area contributed by atoms with Crippen LogP contribution in [0.25, 0.3) is 0 Å². The normalized spacial score (nSPS) is 7.54. The van der Waals surface area contributed by atoms with Gasteiger partial charge in [-0.2, -0.15) is 6.42 Å². The fourth-order valence-corrected chi connectivity index (χ4v) is 1.05. The predicted molar refractivity (Wildman–Crippen MR) is 56.9 cm³/mol. The minimum absolute atomic E-state index is 0. The molecule has 0 saturated carbocycles. The fraction of sp³-hybridized carbons (Fsp3) is 0.727. The van der Waals surface area contributed by atoms with Crippen molar-refractivity contribution in [2.45, 2.75) is 51.9 Å². The Bertz CT molecular complexity index is 124. The second-order valence-electron chi connectivity index (χ2n) is 2.80. The summed E-state index contributed by atoms with van der Waals surface area (Å²) in [4.78, 5) is 0. The van der Waals surface area contributed by atoms with Gasteiger partial charge in [-0.1, -0.05) is 25.7 Å². The average Bonchev–Trinajstić information content (AvgIpc) is 2.03. The van der Waals surface area contributed by atoms with Crippen LogP contribution in [0, 0.1) is 18.8 Å². The van der Waals surface area contributed by atoms with E-state index < -0.39 is 0 Å². The summed E-state index contributed by atoms with van der Waals surface area (Å²) < 4.78 is 0. The monoisotopic (exact) mass is 254 g/mol. The molecule has 0 bridgehead atoms. The summed E-state index contributed by atoms with van der Waals surface area (Å²) in [6, 6.07) is 0. The molecule has 0 amide bonds. The van der Waals surface area contributed by atoms with E-state index in [1.165, 1.54) is 32.1 Å². The number of halogens is 1. The van der Waals surface area contributed by atoms with Crippen molar-refractivity contribution in [1.82, 2.24) is 0 Å². The second kappa shape index (κ2) is 18.6. The van der Waals surface area contributed by atoms with Gasteiger partial charge in [0, 0.05) is 6.42 Å². The number of hydrogen-bond acceptors (Lipinski definition) is 0. The third kappa shape index (κ3) is 19.3. The molecule has 0 spiro atoms. The van der Waals surface area contributed by atoms with Gasteiger partial charge in [-0.3, -0.25) is 0 Å². The van der Waals surface area contributed by atoms with E-state index in [0.717, 1.165) is 12.8 Å². The molecule has 0 N–H and O–H groups in total. The zero-order valence-electron chi connectivity index (χ0n) is 8.74. The van der Waals surface area contributed by atoms with Crippen LogP contribution in [0.1, 0.15) is 51.9 Å². The number of unbranched alkanes of at least 4 members (excludes halogenated alkanes) is 6. The van der Waals surface area contributed by atoms with Crippen LogP contribution in [0.15, 0.2) is 0 Å². The maximum Gasteiger partial charge on any atom is 2.00 e. The molecule has 0 fully saturated rings. The molecule has 0 unspecified atom stereocenters. The summed E-state index contributed by atoms with van der Waals surface area (Å²) in [6.07, 6.45) is 8.80. The summed E-state index contributed by atoms with van der Waals surface area (Å²) in [5, 5.41) is 0. The minimum Gasteiger partial charge on any atom is -1.00 e. The Morgan fingerprint density at radius 3 is 2.08 bits per heavy atom. The molecule has 0 nitrogen and oxygen atoms in total. The first-order chi connectivity index (χ1) is 5.41. The van der Waals surface area contributed by atoms with Gasteiger partial charge in [0.2, 0.25) is 0 Å². The van der Waals surface area contributed by atoms with E-state index >= 15 is 0 Å². The first-order valence-corrected chi connectivity index (χ1v) is 4.60. The molecule has 0 saturated heterocycles. The summed E-state index contributed by atoms with van der Waals surface area (Å²) in [6.45, 7) is 5.72. The molecular formula is C11H19BrMg. The Morgan fingerprint density at radius 1 is 1.00 bits per heavy atom. The standard InChI is InChI=1S/C11H19.BrH.Mg/c1-3-5-7-9-11-10-8-6-4-2;;/h1,3,5,7-11H2,2H3;1H;/q-1;;+2/p-1. The van der Waals surface area contributed by atoms with Gasteiger partial charge < -0.3 is 23.9 Å². The van der Waals surface area contributed by atoms with Crippen LogP contribution in [0.5, 0.6) is 0 Å². The molecule has 0 heterocycles. The van der Waals surface area contributed by atoms with Crippen molar-refractivity contribution >= 4 is 23.1 Å². The number of hydrogen-bond donors (Lipinski definition) is 0. The molecule has 0 aliphatic rings. The second-order valence-corrected chi connectivity index (χ2v) is 2.80. The molecule has 72 valence electrons. The third-order valence-corrected chi connectivity index (χ3v) is 1.73. The van der Waals surface area contributed by atoms with Gasteiger partial charge in [0.05, 0.1) is 0 Å². The molecule has 0 atom stereocenters. The molecule has 2 heteroatoms. The molecular weight excluding hydrogens is 236 g/mol. The largest absolute Gasteiger partial charge is 2.00 e. The van der Waals surface area contributed by atoms with Crippen molar-refractivity contribution in [3.63, 3.8) is 0 Å². The molecule has 0 rings (SSSR count). The van der Waals surface area contributed by atoms with Crippen molar-refractivity contribution in [2.75, 3.05) is 0 Å². The van der Waals surface area contributed by atoms with Gasteiger partial charge in [-0.05, 0) is 13.3 Å². The molecule has 0 aliphatic heterocycles. The minimum atomic E-state index is 0. The van der Waals surface area contributed by atoms with E-state index in [1.54, 1.807) is 0 Å². The van der Waals surface area contributed by atoms with E-state index in [2.05, 4.69) is 18.8 Å². The summed E-state index contributed by atoms with van der Waals surface area (Å²) in [5.74, 6) is 5.99. The Labute approximate surface area is 110 Å². The number of rotatable bonds is 6. The van der Waals surface area contributed by atoms with Crippen molar-refractivity contribution in [3.05, 3.63) is 6.92 Å². The summed E-state index contributed by atoms with van der Waals surface area (Å²) >= 11 is 0. The van der Waals surface area contributed by atoms with Crippen LogP contribution in [0.3, 0.4) is 0 Å². The van der Waals surface area contributed by atoms with Crippen molar-refractivity contribution in [1.29, 1.82) is 0 Å². The Balaban J connectivity index is -0.000000500. The maximum atomic E-state index is 3.81. The van der Waals surface area contributed by atoms with E-state index in [4.69, 9.17) is 0 Å². The van der Waals surface area contributed by atoms with Crippen molar-refractivity contribution in [2.24, 2.45) is 0 Å². The molecule has 13 heavy (non-hydrogen) atoms. The fourth-order valence-electron chi connectivity index (χ4n) is 1.05. The van der Waals surface area contributed by atoms with Crippen molar-refractivity contribution in [3.8, 4) is 11.8 Å². The Hall–Kier alpha value is 0.806. The van der Waals surface area contributed by atoms with E-state index in [9.17, 15) is 0 Å². The van der Waals surface area contributed by atoms with Gasteiger partial charge in [0.15, 0.2) is 0 Å². The SMILES string of the molecule is [Br-].[CH2-]CCCCCCCC#CC.[Mg+2].